The Hall–Kier alpha value is -3.06. The number of sulfonamides is 1. The normalized spacial score (nSPS) is 20.2. The van der Waals surface area contributed by atoms with Gasteiger partial charge in [0, 0.05) is 54.0 Å². The molecule has 0 radical (unpaired) electrons. The second kappa shape index (κ2) is 10.5. The van der Waals surface area contributed by atoms with Crippen molar-refractivity contribution in [3.05, 3.63) is 42.0 Å². The molecule has 1 spiro atoms. The number of benzene rings is 1. The molecule has 3 aromatic rings. The summed E-state index contributed by atoms with van der Waals surface area (Å²) in [7, 11) is -2.01. The molecule has 1 aliphatic carbocycles. The number of anilines is 2. The molecule has 1 amide bonds. The van der Waals surface area contributed by atoms with Gasteiger partial charge in [-0.25, -0.2) is 17.8 Å². The van der Waals surface area contributed by atoms with Crippen LogP contribution < -0.4 is 19.7 Å². The molecule has 10 nitrogen and oxygen atoms in total. The number of aliphatic hydroxyl groups excluding tert-OH is 1. The van der Waals surface area contributed by atoms with E-state index in [1.165, 1.54) is 23.2 Å². The highest BCUT2D eigenvalue weighted by Crippen LogP contribution is 2.55. The van der Waals surface area contributed by atoms with Gasteiger partial charge in [0.25, 0.3) is 0 Å². The third kappa shape index (κ3) is 5.25. The molecule has 5 rings (SSSR count). The van der Waals surface area contributed by atoms with E-state index < -0.39 is 27.4 Å². The number of amides is 1. The van der Waals surface area contributed by atoms with Crippen LogP contribution in [0.2, 0.25) is 0 Å². The summed E-state index contributed by atoms with van der Waals surface area (Å²) >= 11 is 0. The zero-order valence-electron chi connectivity index (χ0n) is 22.0. The van der Waals surface area contributed by atoms with Crippen molar-refractivity contribution in [3.63, 3.8) is 0 Å². The van der Waals surface area contributed by atoms with Crippen LogP contribution in [0.1, 0.15) is 32.3 Å². The maximum atomic E-state index is 15.4. The number of rotatable bonds is 8. The predicted octanol–water partition coefficient (Wildman–Crippen LogP) is 2.97. The molecule has 1 saturated carbocycles. The number of nitrogens with one attached hydrogen (secondary N) is 2. The van der Waals surface area contributed by atoms with Gasteiger partial charge in [0.15, 0.2) is 0 Å². The number of nitrogens with zero attached hydrogens (tertiary/aromatic N) is 3. The number of carbonyl (C=O) groups is 1. The van der Waals surface area contributed by atoms with Gasteiger partial charge < -0.3 is 20.1 Å². The first kappa shape index (κ1) is 28.9. The van der Waals surface area contributed by atoms with Crippen LogP contribution in [0.5, 0.6) is 5.88 Å². The minimum Gasteiger partial charge on any atom is -0.475 e. The Morgan fingerprint density at radius 2 is 1.95 bits per heavy atom. The largest absolute Gasteiger partial charge is 0.475 e. The lowest BCUT2D eigenvalue weighted by Crippen LogP contribution is -2.51. The van der Waals surface area contributed by atoms with Crippen molar-refractivity contribution in [1.82, 2.24) is 15.3 Å². The van der Waals surface area contributed by atoms with E-state index in [2.05, 4.69) is 20.0 Å². The summed E-state index contributed by atoms with van der Waals surface area (Å²) in [6, 6.07) is 4.64. The summed E-state index contributed by atoms with van der Waals surface area (Å²) in [5, 5.41) is 13.9. The molecule has 3 N–H and O–H groups in total. The molecule has 13 heteroatoms. The molecule has 39 heavy (non-hydrogen) atoms. The summed E-state index contributed by atoms with van der Waals surface area (Å²) in [6.07, 6.45) is 3.98. The van der Waals surface area contributed by atoms with Crippen molar-refractivity contribution in [2.45, 2.75) is 44.2 Å². The highest BCUT2D eigenvalue weighted by atomic mass is 35.5. The zero-order chi connectivity index (χ0) is 27.4. The minimum atomic E-state index is -3.68. The highest BCUT2D eigenvalue weighted by Gasteiger charge is 2.58. The van der Waals surface area contributed by atoms with Crippen molar-refractivity contribution in [2.24, 2.45) is 0 Å². The summed E-state index contributed by atoms with van der Waals surface area (Å²) < 4.78 is 47.6. The van der Waals surface area contributed by atoms with E-state index in [1.54, 1.807) is 19.3 Å². The number of carbonyl (C=O) groups excluding carboxylic acids is 1. The third-order valence-corrected chi connectivity index (χ3v) is 7.60. The fourth-order valence-electron chi connectivity index (χ4n) is 5.32. The van der Waals surface area contributed by atoms with Crippen LogP contribution in [0.3, 0.4) is 0 Å². The van der Waals surface area contributed by atoms with Gasteiger partial charge >= 0.3 is 0 Å². The molecule has 1 aromatic carbocycles. The lowest BCUT2D eigenvalue weighted by Gasteiger charge is -2.41. The summed E-state index contributed by atoms with van der Waals surface area (Å²) in [6.45, 7) is 4.77. The summed E-state index contributed by atoms with van der Waals surface area (Å²) in [5.41, 5.74) is 1.43. The van der Waals surface area contributed by atoms with E-state index in [1.807, 2.05) is 13.8 Å². The van der Waals surface area contributed by atoms with Crippen LogP contribution in [0.4, 0.5) is 15.8 Å². The van der Waals surface area contributed by atoms with Gasteiger partial charge in [-0.05, 0) is 25.0 Å². The number of hydrogen-bond acceptors (Lipinski definition) is 8. The molecule has 1 fully saturated rings. The van der Waals surface area contributed by atoms with Crippen LogP contribution >= 0.6 is 12.4 Å². The Morgan fingerprint density at radius 3 is 2.59 bits per heavy atom. The second-order valence-electron chi connectivity index (χ2n) is 10.3. The van der Waals surface area contributed by atoms with Crippen molar-refractivity contribution in [1.29, 1.82) is 0 Å². The molecule has 0 saturated heterocycles. The van der Waals surface area contributed by atoms with E-state index in [0.29, 0.717) is 28.7 Å². The van der Waals surface area contributed by atoms with Crippen molar-refractivity contribution < 1.29 is 27.4 Å². The molecule has 0 atom stereocenters. The van der Waals surface area contributed by atoms with E-state index in [-0.39, 0.29) is 60.9 Å². The second-order valence-corrected chi connectivity index (χ2v) is 12.0. The van der Waals surface area contributed by atoms with Crippen LogP contribution in [0.15, 0.2) is 30.6 Å². The van der Waals surface area contributed by atoms with Crippen LogP contribution in [-0.4, -0.2) is 68.0 Å². The quantitative estimate of drug-likeness (QED) is 0.347. The lowest BCUT2D eigenvalue weighted by atomic mass is 9.62. The lowest BCUT2D eigenvalue weighted by molar-refractivity contribution is -0.130. The molecule has 3 heterocycles. The monoisotopic (exact) mass is 579 g/mol. The van der Waals surface area contributed by atoms with Gasteiger partial charge in [0.1, 0.15) is 18.1 Å². The average molecular weight is 580 g/mol. The Labute approximate surface area is 232 Å². The van der Waals surface area contributed by atoms with E-state index >= 15 is 4.39 Å². The highest BCUT2D eigenvalue weighted by molar-refractivity contribution is 7.92. The smallest absolute Gasteiger partial charge is 0.238 e. The minimum absolute atomic E-state index is 0. The van der Waals surface area contributed by atoms with Crippen LogP contribution in [0.25, 0.3) is 22.0 Å². The summed E-state index contributed by atoms with van der Waals surface area (Å²) in [4.78, 5) is 23.4. The molecular weight excluding hydrogens is 549 g/mol. The van der Waals surface area contributed by atoms with E-state index in [0.717, 1.165) is 11.8 Å². The van der Waals surface area contributed by atoms with Crippen molar-refractivity contribution in [3.8, 4) is 17.0 Å². The molecule has 210 valence electrons. The van der Waals surface area contributed by atoms with Gasteiger partial charge in [0.2, 0.25) is 21.8 Å². The third-order valence-electron chi connectivity index (χ3n) is 7.01. The number of likely N-dealkylation sites (N-methyl/N-ethyl adjacent to an activating group) is 1. The maximum absolute atomic E-state index is 15.4. The number of ether oxygens (including phenoxy) is 1. The van der Waals surface area contributed by atoms with Crippen molar-refractivity contribution >= 4 is 50.6 Å². The maximum Gasteiger partial charge on any atom is 0.238 e. The van der Waals surface area contributed by atoms with Gasteiger partial charge in [-0.15, -0.1) is 12.4 Å². The average Bonchev–Trinajstić information content (AvgIpc) is 3.03. The predicted molar refractivity (Wildman–Crippen MR) is 150 cm³/mol. The molecule has 0 bridgehead atoms. The Kier molecular flexibility index (Phi) is 7.78. The summed E-state index contributed by atoms with van der Waals surface area (Å²) in [5.74, 6) is -0.622. The topological polar surface area (TPSA) is 134 Å². The van der Waals surface area contributed by atoms with Crippen LogP contribution in [-0.2, 0) is 20.2 Å². The fourth-order valence-corrected chi connectivity index (χ4v) is 5.87. The number of halogens is 2. The Bertz CT molecular complexity index is 1550. The molecule has 0 unspecified atom stereocenters. The standard InChI is InChI=1S/C26H30FN5O5S.ClH/c1-14(2)28-5-6-37-24-21(31-38(4,35)36)7-15(12-30-24)17-8-18-20(9-19(17)27)29-13-22-23(18)26(10-16(33)11-26)25(34)32(22)3;/h7-9,12-14,16,28,31,33H,5-6,10-11H2,1-4H3;1H. The zero-order valence-corrected chi connectivity index (χ0v) is 23.6. The van der Waals surface area contributed by atoms with Crippen molar-refractivity contribution in [2.75, 3.05) is 36.1 Å². The van der Waals surface area contributed by atoms with E-state index in [9.17, 15) is 18.3 Å². The number of fused-ring (bicyclic) bond motifs is 4. The molecular formula is C26H31ClFN5O5S. The molecule has 1 aliphatic heterocycles. The molecule has 2 aliphatic rings. The van der Waals surface area contributed by atoms with Gasteiger partial charge in [-0.1, -0.05) is 13.8 Å². The first-order valence-electron chi connectivity index (χ1n) is 12.3. The fraction of sp³-hybridized carbons (Fsp3) is 0.423. The Morgan fingerprint density at radius 1 is 1.23 bits per heavy atom. The number of aromatic nitrogens is 2. The first-order chi connectivity index (χ1) is 17.9. The Balaban J connectivity index is 0.00000353. The molecule has 2 aromatic heterocycles. The SMILES string of the molecule is CC(C)NCCOc1ncc(-c2cc3c4c(cnc3cc2F)N(C)C(=O)C42CC(O)C2)cc1NS(C)(=O)=O.Cl. The van der Waals surface area contributed by atoms with Gasteiger partial charge in [-0.2, -0.15) is 0 Å². The van der Waals surface area contributed by atoms with Gasteiger partial charge in [-0.3, -0.25) is 14.5 Å². The number of pyridine rings is 2. The first-order valence-corrected chi connectivity index (χ1v) is 14.2. The van der Waals surface area contributed by atoms with Gasteiger partial charge in [0.05, 0.1) is 35.2 Å². The van der Waals surface area contributed by atoms with Crippen LogP contribution in [0, 0.1) is 5.82 Å². The van der Waals surface area contributed by atoms with E-state index in [4.69, 9.17) is 4.74 Å². The number of aliphatic hydroxyl groups is 1. The number of hydrogen-bond donors (Lipinski definition) is 3.